The van der Waals surface area contributed by atoms with E-state index in [1.165, 1.54) is 39.1 Å². The Labute approximate surface area is 107 Å². The lowest BCUT2D eigenvalue weighted by Gasteiger charge is -2.26. The van der Waals surface area contributed by atoms with Gasteiger partial charge >= 0.3 is 0 Å². The Morgan fingerprint density at radius 3 is 3.06 bits per heavy atom. The van der Waals surface area contributed by atoms with Gasteiger partial charge in [-0.15, -0.1) is 0 Å². The van der Waals surface area contributed by atoms with Crippen molar-refractivity contribution in [2.75, 3.05) is 13.7 Å². The number of nitrogens with zero attached hydrogens (tertiary/aromatic N) is 1. The average molecular weight is 252 g/mol. The molecule has 1 saturated carbocycles. The summed E-state index contributed by atoms with van der Waals surface area (Å²) in [6, 6.07) is 0. The van der Waals surface area contributed by atoms with E-state index in [2.05, 4.69) is 16.9 Å². The minimum Gasteiger partial charge on any atom is -0.487 e. The fourth-order valence-electron chi connectivity index (χ4n) is 2.56. The molecule has 1 N–H and O–H groups in total. The Kier molecular flexibility index (Phi) is 4.23. The summed E-state index contributed by atoms with van der Waals surface area (Å²) >= 11 is 0. The van der Waals surface area contributed by atoms with Crippen LogP contribution in [-0.2, 0) is 0 Å². The molecule has 18 heavy (non-hydrogen) atoms. The second-order valence-electron chi connectivity index (χ2n) is 5.02. The van der Waals surface area contributed by atoms with Crippen LogP contribution in [0.4, 0.5) is 0 Å². The van der Waals surface area contributed by atoms with Crippen LogP contribution < -0.4 is 15.0 Å². The van der Waals surface area contributed by atoms with Crippen LogP contribution in [0.5, 0.6) is 11.6 Å². The largest absolute Gasteiger partial charge is 0.487 e. The van der Waals surface area contributed by atoms with E-state index in [1.807, 2.05) is 0 Å². The van der Waals surface area contributed by atoms with Gasteiger partial charge in [0.1, 0.15) is 0 Å². The summed E-state index contributed by atoms with van der Waals surface area (Å²) in [6.45, 7) is 2.88. The molecule has 0 aliphatic heterocycles. The normalized spacial score (nSPS) is 23.7. The maximum absolute atomic E-state index is 11.5. The van der Waals surface area contributed by atoms with Gasteiger partial charge in [0, 0.05) is 0 Å². The molecule has 0 saturated heterocycles. The molecule has 0 amide bonds. The highest BCUT2D eigenvalue weighted by Crippen LogP contribution is 2.29. The number of ether oxygens (including phenoxy) is 2. The average Bonchev–Trinajstić information content (AvgIpc) is 2.36. The second-order valence-corrected chi connectivity index (χ2v) is 5.02. The first-order chi connectivity index (χ1) is 8.70. The summed E-state index contributed by atoms with van der Waals surface area (Å²) < 4.78 is 10.6. The smallest absolute Gasteiger partial charge is 0.297 e. The first kappa shape index (κ1) is 12.9. The predicted molar refractivity (Wildman–Crippen MR) is 68.0 cm³/mol. The number of hydrogen-bond acceptors (Lipinski definition) is 4. The van der Waals surface area contributed by atoms with Crippen LogP contribution >= 0.6 is 0 Å². The Morgan fingerprint density at radius 1 is 1.50 bits per heavy atom. The maximum atomic E-state index is 11.5. The number of nitrogens with one attached hydrogen (secondary N) is 1. The van der Waals surface area contributed by atoms with Crippen molar-refractivity contribution in [1.82, 2.24) is 9.97 Å². The van der Waals surface area contributed by atoms with Gasteiger partial charge < -0.3 is 14.5 Å². The van der Waals surface area contributed by atoms with E-state index in [9.17, 15) is 4.79 Å². The molecule has 1 heterocycles. The van der Waals surface area contributed by atoms with Gasteiger partial charge in [-0.25, -0.2) is 4.98 Å². The Morgan fingerprint density at radius 2 is 2.33 bits per heavy atom. The Hall–Kier alpha value is -1.52. The molecule has 0 bridgehead atoms. The zero-order valence-corrected chi connectivity index (χ0v) is 10.9. The van der Waals surface area contributed by atoms with Gasteiger partial charge in [0.25, 0.3) is 11.4 Å². The molecule has 2 atom stereocenters. The zero-order chi connectivity index (χ0) is 13.0. The van der Waals surface area contributed by atoms with Gasteiger partial charge in [-0.3, -0.25) is 4.79 Å². The maximum Gasteiger partial charge on any atom is 0.297 e. The van der Waals surface area contributed by atoms with E-state index < -0.39 is 0 Å². The molecule has 1 fully saturated rings. The SMILES string of the molecule is COc1c(OCC2CCCC(C)C2)nc[nH]c1=O. The fraction of sp³-hybridized carbons (Fsp3) is 0.692. The molecule has 5 nitrogen and oxygen atoms in total. The number of methoxy groups -OCH3 is 1. The molecule has 1 aromatic rings. The summed E-state index contributed by atoms with van der Waals surface area (Å²) in [5, 5.41) is 0. The van der Waals surface area contributed by atoms with Crippen molar-refractivity contribution in [1.29, 1.82) is 0 Å². The molecule has 0 aromatic carbocycles. The van der Waals surface area contributed by atoms with Crippen LogP contribution in [0.15, 0.2) is 11.1 Å². The standard InChI is InChI=1S/C13H20N2O3/c1-9-4-3-5-10(6-9)7-18-13-11(17-2)12(16)14-8-15-13/h8-10H,3-7H2,1-2H3,(H,14,15,16). The van der Waals surface area contributed by atoms with Crippen LogP contribution in [-0.4, -0.2) is 23.7 Å². The molecule has 0 radical (unpaired) electrons. The number of aromatic amines is 1. The van der Waals surface area contributed by atoms with Gasteiger partial charge in [-0.1, -0.05) is 19.8 Å². The summed E-state index contributed by atoms with van der Waals surface area (Å²) in [7, 11) is 1.45. The second kappa shape index (κ2) is 5.89. The van der Waals surface area contributed by atoms with E-state index in [1.54, 1.807) is 0 Å². The third-order valence-corrected chi connectivity index (χ3v) is 3.48. The summed E-state index contributed by atoms with van der Waals surface area (Å²) in [5.74, 6) is 1.77. The van der Waals surface area contributed by atoms with Crippen molar-refractivity contribution in [3.05, 3.63) is 16.7 Å². The monoisotopic (exact) mass is 252 g/mol. The van der Waals surface area contributed by atoms with E-state index in [0.717, 1.165) is 5.92 Å². The molecular formula is C13H20N2O3. The van der Waals surface area contributed by atoms with Crippen molar-refractivity contribution in [2.45, 2.75) is 32.6 Å². The minimum atomic E-state index is -0.306. The van der Waals surface area contributed by atoms with Gasteiger partial charge in [0.05, 0.1) is 20.0 Å². The number of aromatic nitrogens is 2. The summed E-state index contributed by atoms with van der Waals surface area (Å²) in [4.78, 5) is 17.9. The van der Waals surface area contributed by atoms with E-state index >= 15 is 0 Å². The van der Waals surface area contributed by atoms with Crippen molar-refractivity contribution < 1.29 is 9.47 Å². The van der Waals surface area contributed by atoms with Crippen molar-refractivity contribution in [2.24, 2.45) is 11.8 Å². The molecule has 1 aromatic heterocycles. The van der Waals surface area contributed by atoms with Crippen LogP contribution in [0, 0.1) is 11.8 Å². The zero-order valence-electron chi connectivity index (χ0n) is 10.9. The lowest BCUT2D eigenvalue weighted by molar-refractivity contribution is 0.172. The molecule has 1 aliphatic rings. The molecule has 0 spiro atoms. The molecular weight excluding hydrogens is 232 g/mol. The summed E-state index contributed by atoms with van der Waals surface area (Å²) in [5.41, 5.74) is -0.306. The van der Waals surface area contributed by atoms with Crippen LogP contribution in [0.1, 0.15) is 32.6 Å². The van der Waals surface area contributed by atoms with Gasteiger partial charge in [0.2, 0.25) is 5.75 Å². The third kappa shape index (κ3) is 3.03. The summed E-state index contributed by atoms with van der Waals surface area (Å²) in [6.07, 6.45) is 6.28. The van der Waals surface area contributed by atoms with E-state index in [4.69, 9.17) is 9.47 Å². The number of hydrogen-bond donors (Lipinski definition) is 1. The Bertz CT molecular complexity index is 444. The number of rotatable bonds is 4. The van der Waals surface area contributed by atoms with Gasteiger partial charge in [0.15, 0.2) is 0 Å². The van der Waals surface area contributed by atoms with Crippen molar-refractivity contribution >= 4 is 0 Å². The molecule has 1 aliphatic carbocycles. The van der Waals surface area contributed by atoms with Crippen LogP contribution in [0.25, 0.3) is 0 Å². The highest BCUT2D eigenvalue weighted by molar-refractivity contribution is 5.29. The van der Waals surface area contributed by atoms with Gasteiger partial charge in [-0.2, -0.15) is 0 Å². The third-order valence-electron chi connectivity index (χ3n) is 3.48. The van der Waals surface area contributed by atoms with E-state index in [-0.39, 0.29) is 11.3 Å². The van der Waals surface area contributed by atoms with Crippen LogP contribution in [0.2, 0.25) is 0 Å². The minimum absolute atomic E-state index is 0.154. The first-order valence-electron chi connectivity index (χ1n) is 6.45. The highest BCUT2D eigenvalue weighted by atomic mass is 16.5. The first-order valence-corrected chi connectivity index (χ1v) is 6.45. The van der Waals surface area contributed by atoms with Crippen LogP contribution in [0.3, 0.4) is 0 Å². The van der Waals surface area contributed by atoms with E-state index in [0.29, 0.717) is 18.4 Å². The topological polar surface area (TPSA) is 64.2 Å². The Balaban J connectivity index is 1.97. The predicted octanol–water partition coefficient (Wildman–Crippen LogP) is 1.98. The molecule has 5 heteroatoms. The van der Waals surface area contributed by atoms with Crippen molar-refractivity contribution in [3.8, 4) is 11.6 Å². The lowest BCUT2D eigenvalue weighted by atomic mass is 9.83. The molecule has 2 unspecified atom stereocenters. The molecule has 100 valence electrons. The fourth-order valence-corrected chi connectivity index (χ4v) is 2.56. The van der Waals surface area contributed by atoms with Gasteiger partial charge in [-0.05, 0) is 24.7 Å². The quantitative estimate of drug-likeness (QED) is 0.890. The molecule has 2 rings (SSSR count). The lowest BCUT2D eigenvalue weighted by Crippen LogP contribution is -2.21. The van der Waals surface area contributed by atoms with Crippen molar-refractivity contribution in [3.63, 3.8) is 0 Å². The number of H-pyrrole nitrogens is 1. The highest BCUT2D eigenvalue weighted by Gasteiger charge is 2.20.